The molecule has 4 nitrogen and oxygen atoms in total. The van der Waals surface area contributed by atoms with Crippen LogP contribution in [0.3, 0.4) is 0 Å². The molecule has 2 N–H and O–H groups in total. The first-order valence-electron chi connectivity index (χ1n) is 6.95. The highest BCUT2D eigenvalue weighted by molar-refractivity contribution is 5.90. The van der Waals surface area contributed by atoms with Gasteiger partial charge in [0.05, 0.1) is 6.04 Å². The molecule has 1 fully saturated rings. The van der Waals surface area contributed by atoms with Crippen LogP contribution >= 0.6 is 0 Å². The molecule has 0 aromatic rings. The molecule has 0 aliphatic carbocycles. The topological polar surface area (TPSA) is 58.2 Å². The molecular weight excluding hydrogens is 252 g/mol. The minimum Gasteiger partial charge on any atom is -0.373 e. The fraction of sp³-hybridized carbons (Fsp3) is 0.500. The summed E-state index contributed by atoms with van der Waals surface area (Å²) in [5.41, 5.74) is 1.82. The lowest BCUT2D eigenvalue weighted by atomic mass is 9.95. The number of carbonyl (C=O) groups excluding carboxylic acids is 2. The van der Waals surface area contributed by atoms with Crippen LogP contribution in [0.4, 0.5) is 0 Å². The van der Waals surface area contributed by atoms with Crippen molar-refractivity contribution < 1.29 is 9.59 Å². The number of hydrogen-bond donors (Lipinski definition) is 2. The Balaban J connectivity index is 2.73. The van der Waals surface area contributed by atoms with E-state index >= 15 is 0 Å². The van der Waals surface area contributed by atoms with Gasteiger partial charge in [-0.25, -0.2) is 0 Å². The molecule has 1 rings (SSSR count). The average Bonchev–Trinajstić information content (AvgIpc) is 2.37. The molecule has 20 heavy (non-hydrogen) atoms. The zero-order chi connectivity index (χ0) is 15.3. The molecule has 110 valence electrons. The molecule has 1 aliphatic rings. The third kappa shape index (κ3) is 4.08. The number of piperidine rings is 1. The summed E-state index contributed by atoms with van der Waals surface area (Å²) in [7, 11) is 0. The average molecular weight is 276 g/mol. The zero-order valence-corrected chi connectivity index (χ0v) is 12.5. The zero-order valence-electron chi connectivity index (χ0n) is 12.5. The Morgan fingerprint density at radius 1 is 1.45 bits per heavy atom. The molecule has 4 heteroatoms. The number of ketones is 1. The molecule has 1 amide bonds. The minimum absolute atomic E-state index is 0.0181. The van der Waals surface area contributed by atoms with Crippen LogP contribution in [0.15, 0.2) is 36.6 Å². The molecular formula is C16H24N2O2. The van der Waals surface area contributed by atoms with Gasteiger partial charge in [-0.2, -0.15) is 0 Å². The van der Waals surface area contributed by atoms with Crippen LogP contribution < -0.4 is 10.6 Å². The Hall–Kier alpha value is -1.84. The summed E-state index contributed by atoms with van der Waals surface area (Å²) in [6.07, 6.45) is 4.92. The minimum atomic E-state index is -0.429. The highest BCUT2D eigenvalue weighted by Gasteiger charge is 2.28. The van der Waals surface area contributed by atoms with Gasteiger partial charge in [-0.1, -0.05) is 33.1 Å². The van der Waals surface area contributed by atoms with E-state index in [0.717, 1.165) is 17.7 Å². The summed E-state index contributed by atoms with van der Waals surface area (Å²) in [5.74, 6) is -0.0741. The third-order valence-electron chi connectivity index (χ3n) is 3.45. The first-order valence-corrected chi connectivity index (χ1v) is 6.95. The third-order valence-corrected chi connectivity index (χ3v) is 3.45. The largest absolute Gasteiger partial charge is 0.373 e. The summed E-state index contributed by atoms with van der Waals surface area (Å²) in [6.45, 7) is 13.0. The molecule has 2 atom stereocenters. The van der Waals surface area contributed by atoms with E-state index in [1.807, 2.05) is 19.9 Å². The van der Waals surface area contributed by atoms with Gasteiger partial charge in [-0.15, -0.1) is 0 Å². The molecule has 1 aliphatic heterocycles. The van der Waals surface area contributed by atoms with Gasteiger partial charge in [0.2, 0.25) is 5.91 Å². The Morgan fingerprint density at radius 3 is 2.60 bits per heavy atom. The SMILES string of the molecule is C=C/C=C1/NC(C(=O)N[C@H](C(C)=O)C(C)C)CCC1=C. The van der Waals surface area contributed by atoms with Crippen LogP contribution in [0.25, 0.3) is 0 Å². The van der Waals surface area contributed by atoms with Crippen LogP contribution in [-0.4, -0.2) is 23.8 Å². The number of allylic oxidation sites excluding steroid dienone is 3. The van der Waals surface area contributed by atoms with Crippen LogP contribution in [-0.2, 0) is 9.59 Å². The van der Waals surface area contributed by atoms with Crippen LogP contribution in [0.2, 0.25) is 0 Å². The second-order valence-electron chi connectivity index (χ2n) is 5.50. The van der Waals surface area contributed by atoms with Crippen molar-refractivity contribution in [1.29, 1.82) is 0 Å². The van der Waals surface area contributed by atoms with Crippen molar-refractivity contribution in [3.63, 3.8) is 0 Å². The first-order chi connectivity index (χ1) is 9.36. The highest BCUT2D eigenvalue weighted by atomic mass is 16.2. The highest BCUT2D eigenvalue weighted by Crippen LogP contribution is 2.20. The standard InChI is InChI=1S/C16H24N2O2/c1-6-7-13-11(4)8-9-14(17-13)16(20)18-15(10(2)3)12(5)19/h6-7,10,14-15,17H,1,4,8-9H2,2-3,5H3,(H,18,20)/b13-7+/t14?,15-/m0/s1. The molecule has 1 heterocycles. The predicted molar refractivity (Wildman–Crippen MR) is 81.0 cm³/mol. The molecule has 1 unspecified atom stereocenters. The normalized spacial score (nSPS) is 22.3. The van der Waals surface area contributed by atoms with Gasteiger partial charge in [0.25, 0.3) is 0 Å². The maximum Gasteiger partial charge on any atom is 0.243 e. The number of hydrogen-bond acceptors (Lipinski definition) is 3. The first kappa shape index (κ1) is 16.2. The summed E-state index contributed by atoms with van der Waals surface area (Å²) in [6, 6.07) is -0.756. The van der Waals surface area contributed by atoms with E-state index in [-0.39, 0.29) is 23.7 Å². The van der Waals surface area contributed by atoms with E-state index in [0.29, 0.717) is 6.42 Å². The number of nitrogens with one attached hydrogen (secondary N) is 2. The van der Waals surface area contributed by atoms with Crippen molar-refractivity contribution in [2.45, 2.75) is 45.7 Å². The van der Waals surface area contributed by atoms with Gasteiger partial charge >= 0.3 is 0 Å². The molecule has 0 bridgehead atoms. The maximum atomic E-state index is 12.3. The fourth-order valence-corrected chi connectivity index (χ4v) is 2.29. The van der Waals surface area contributed by atoms with Gasteiger partial charge in [-0.05, 0) is 37.3 Å². The van der Waals surface area contributed by atoms with Crippen LogP contribution in [0.1, 0.15) is 33.6 Å². The summed E-state index contributed by atoms with van der Waals surface area (Å²) < 4.78 is 0. The molecule has 0 radical (unpaired) electrons. The monoisotopic (exact) mass is 276 g/mol. The van der Waals surface area contributed by atoms with Crippen molar-refractivity contribution in [2.24, 2.45) is 5.92 Å². The van der Waals surface area contributed by atoms with Gasteiger partial charge in [0.1, 0.15) is 6.04 Å². The van der Waals surface area contributed by atoms with E-state index in [1.54, 1.807) is 6.08 Å². The van der Waals surface area contributed by atoms with Gasteiger partial charge in [-0.3, -0.25) is 9.59 Å². The molecule has 1 saturated heterocycles. The van der Waals surface area contributed by atoms with E-state index < -0.39 is 6.04 Å². The smallest absolute Gasteiger partial charge is 0.243 e. The summed E-state index contributed by atoms with van der Waals surface area (Å²) in [4.78, 5) is 23.8. The lowest BCUT2D eigenvalue weighted by Gasteiger charge is -2.29. The van der Waals surface area contributed by atoms with Gasteiger partial charge in [0.15, 0.2) is 5.78 Å². The Labute approximate surface area is 121 Å². The quantitative estimate of drug-likeness (QED) is 0.808. The maximum absolute atomic E-state index is 12.3. The van der Waals surface area contributed by atoms with Gasteiger partial charge < -0.3 is 10.6 Å². The van der Waals surface area contributed by atoms with Crippen LogP contribution in [0, 0.1) is 5.92 Å². The summed E-state index contributed by atoms with van der Waals surface area (Å²) in [5, 5.41) is 5.98. The lowest BCUT2D eigenvalue weighted by molar-refractivity contribution is -0.129. The lowest BCUT2D eigenvalue weighted by Crippen LogP contribution is -2.52. The van der Waals surface area contributed by atoms with Crippen molar-refractivity contribution in [1.82, 2.24) is 10.6 Å². The van der Waals surface area contributed by atoms with E-state index in [2.05, 4.69) is 23.8 Å². The number of Topliss-reactive ketones (excluding diaryl/α,β-unsaturated/α-hetero) is 1. The fourth-order valence-electron chi connectivity index (χ4n) is 2.29. The Bertz CT molecular complexity index is 449. The second-order valence-corrected chi connectivity index (χ2v) is 5.50. The Morgan fingerprint density at radius 2 is 2.10 bits per heavy atom. The molecule has 0 aromatic heterocycles. The van der Waals surface area contributed by atoms with E-state index in [1.165, 1.54) is 6.92 Å². The number of rotatable bonds is 5. The van der Waals surface area contributed by atoms with Gasteiger partial charge in [0, 0.05) is 5.70 Å². The van der Waals surface area contributed by atoms with Crippen molar-refractivity contribution in [2.75, 3.05) is 0 Å². The molecule has 0 aromatic carbocycles. The van der Waals surface area contributed by atoms with Crippen molar-refractivity contribution in [3.05, 3.63) is 36.6 Å². The second kappa shape index (κ2) is 7.08. The Kier molecular flexibility index (Phi) is 5.74. The van der Waals surface area contributed by atoms with E-state index in [9.17, 15) is 9.59 Å². The van der Waals surface area contributed by atoms with Crippen molar-refractivity contribution >= 4 is 11.7 Å². The molecule has 0 saturated carbocycles. The van der Waals surface area contributed by atoms with Crippen LogP contribution in [0.5, 0.6) is 0 Å². The van der Waals surface area contributed by atoms with E-state index in [4.69, 9.17) is 0 Å². The summed E-state index contributed by atoms with van der Waals surface area (Å²) >= 11 is 0. The number of carbonyl (C=O) groups is 2. The predicted octanol–water partition coefficient (Wildman–Crippen LogP) is 2.09. The molecule has 0 spiro atoms. The number of amides is 1. The van der Waals surface area contributed by atoms with Crippen molar-refractivity contribution in [3.8, 4) is 0 Å².